The Morgan fingerprint density at radius 1 is 1.29 bits per heavy atom. The number of aliphatic hydroxyl groups is 1. The van der Waals surface area contributed by atoms with Crippen LogP contribution in [0, 0.1) is 5.92 Å². The van der Waals surface area contributed by atoms with Crippen molar-refractivity contribution >= 4 is 5.95 Å². The van der Waals surface area contributed by atoms with Crippen molar-refractivity contribution in [2.45, 2.75) is 26.1 Å². The van der Waals surface area contributed by atoms with E-state index in [-0.39, 0.29) is 17.0 Å². The van der Waals surface area contributed by atoms with Gasteiger partial charge in [-0.3, -0.25) is 0 Å². The van der Waals surface area contributed by atoms with Crippen molar-refractivity contribution in [3.8, 4) is 0 Å². The largest absolute Gasteiger partial charge is 1.00 e. The van der Waals surface area contributed by atoms with Crippen LogP contribution in [0.5, 0.6) is 0 Å². The van der Waals surface area contributed by atoms with Gasteiger partial charge in [-0.2, -0.15) is 0 Å². The zero-order valence-corrected chi connectivity index (χ0v) is 13.9. The number of rotatable bonds is 3. The second-order valence-electron chi connectivity index (χ2n) is 5.73. The lowest BCUT2D eigenvalue weighted by atomic mass is 10.0. The molecular weight excluding hydrogens is 330 g/mol. The number of nitrogens with zero attached hydrogens (tertiary/aromatic N) is 3. The van der Waals surface area contributed by atoms with Crippen LogP contribution in [0.2, 0.25) is 0 Å². The van der Waals surface area contributed by atoms with Crippen molar-refractivity contribution in [3.05, 3.63) is 54.4 Å². The van der Waals surface area contributed by atoms with Crippen molar-refractivity contribution in [1.82, 2.24) is 4.98 Å². The van der Waals surface area contributed by atoms with E-state index in [0.717, 1.165) is 18.1 Å². The van der Waals surface area contributed by atoms with E-state index >= 15 is 0 Å². The molecule has 1 aromatic carbocycles. The minimum atomic E-state index is -1.02. The molecule has 112 valence electrons. The first-order valence-corrected chi connectivity index (χ1v) is 7.01. The molecule has 2 heterocycles. The van der Waals surface area contributed by atoms with Gasteiger partial charge in [0.15, 0.2) is 0 Å². The Hall–Kier alpha value is -1.46. The average molecular weight is 350 g/mol. The van der Waals surface area contributed by atoms with E-state index in [4.69, 9.17) is 0 Å². The molecular formula is C16H20BrN3O. The summed E-state index contributed by atoms with van der Waals surface area (Å²) in [6.45, 7) is 5.57. The van der Waals surface area contributed by atoms with Crippen LogP contribution in [-0.4, -0.2) is 16.6 Å². The Bertz CT molecular complexity index is 605. The summed E-state index contributed by atoms with van der Waals surface area (Å²) in [5.74, 6) is 1.27. The Kier molecular flexibility index (Phi) is 4.64. The maximum absolute atomic E-state index is 11.3. The summed E-state index contributed by atoms with van der Waals surface area (Å²) in [6.07, 6.45) is 3.74. The van der Waals surface area contributed by atoms with E-state index in [0.29, 0.717) is 12.5 Å². The second kappa shape index (κ2) is 6.12. The third-order valence-electron chi connectivity index (χ3n) is 3.66. The van der Waals surface area contributed by atoms with E-state index in [1.807, 2.05) is 52.1 Å². The lowest BCUT2D eigenvalue weighted by molar-refractivity contribution is -0.685. The van der Waals surface area contributed by atoms with Gasteiger partial charge in [0.2, 0.25) is 5.72 Å². The van der Waals surface area contributed by atoms with Gasteiger partial charge in [-0.05, 0) is 5.92 Å². The SMILES string of the molecule is CC(C)CN1c2nccc[n+]2CC1(O)c1ccccc1.[Br-]. The zero-order valence-electron chi connectivity index (χ0n) is 12.3. The van der Waals surface area contributed by atoms with Gasteiger partial charge in [-0.1, -0.05) is 49.2 Å². The summed E-state index contributed by atoms with van der Waals surface area (Å²) in [5.41, 5.74) is -0.112. The van der Waals surface area contributed by atoms with E-state index in [2.05, 4.69) is 18.8 Å². The number of hydrogen-bond donors (Lipinski definition) is 1. The molecule has 0 saturated carbocycles. The molecule has 0 aliphatic carbocycles. The van der Waals surface area contributed by atoms with Gasteiger partial charge in [0.1, 0.15) is 12.7 Å². The molecule has 1 aliphatic heterocycles. The van der Waals surface area contributed by atoms with Gasteiger partial charge in [-0.15, -0.1) is 0 Å². The van der Waals surface area contributed by atoms with Gasteiger partial charge < -0.3 is 22.1 Å². The molecule has 3 rings (SSSR count). The molecule has 1 atom stereocenters. The predicted octanol–water partition coefficient (Wildman–Crippen LogP) is -1.31. The highest BCUT2D eigenvalue weighted by molar-refractivity contribution is 5.38. The number of benzene rings is 1. The standard InChI is InChI=1S/C16H20N3O.BrH/c1-13(2)11-19-15-17-9-6-10-18(15)12-16(19,20)14-7-4-3-5-8-14;/h3-10,13,20H,11-12H2,1-2H3;1H/q+1;/p-1. The van der Waals surface area contributed by atoms with Crippen molar-refractivity contribution in [2.24, 2.45) is 5.92 Å². The lowest BCUT2D eigenvalue weighted by Crippen LogP contribution is -3.00. The Balaban J connectivity index is 0.00000161. The van der Waals surface area contributed by atoms with E-state index in [9.17, 15) is 5.11 Å². The number of aromatic nitrogens is 2. The van der Waals surface area contributed by atoms with Crippen LogP contribution in [0.25, 0.3) is 0 Å². The van der Waals surface area contributed by atoms with E-state index in [1.165, 1.54) is 0 Å². The van der Waals surface area contributed by atoms with Crippen LogP contribution in [-0.2, 0) is 12.3 Å². The summed E-state index contributed by atoms with van der Waals surface area (Å²) < 4.78 is 2.01. The predicted molar refractivity (Wildman–Crippen MR) is 77.0 cm³/mol. The van der Waals surface area contributed by atoms with Crippen molar-refractivity contribution in [1.29, 1.82) is 0 Å². The van der Waals surface area contributed by atoms with Crippen LogP contribution in [0.4, 0.5) is 5.95 Å². The maximum atomic E-state index is 11.3. The molecule has 1 aliphatic rings. The van der Waals surface area contributed by atoms with Gasteiger partial charge in [-0.25, -0.2) is 9.47 Å². The maximum Gasteiger partial charge on any atom is 0.396 e. The average Bonchev–Trinajstić information content (AvgIpc) is 2.73. The quantitative estimate of drug-likeness (QED) is 0.700. The Labute approximate surface area is 135 Å². The minimum Gasteiger partial charge on any atom is -1.00 e. The van der Waals surface area contributed by atoms with Crippen molar-refractivity contribution in [3.63, 3.8) is 0 Å². The fourth-order valence-corrected chi connectivity index (χ4v) is 2.78. The van der Waals surface area contributed by atoms with Crippen LogP contribution < -0.4 is 26.4 Å². The number of anilines is 1. The molecule has 4 nitrogen and oxygen atoms in total. The first-order chi connectivity index (χ1) is 9.61. The minimum absolute atomic E-state index is 0. The molecule has 0 amide bonds. The third-order valence-corrected chi connectivity index (χ3v) is 3.66. The zero-order chi connectivity index (χ0) is 14.2. The molecule has 0 spiro atoms. The molecule has 0 bridgehead atoms. The highest BCUT2D eigenvalue weighted by atomic mass is 79.9. The summed E-state index contributed by atoms with van der Waals surface area (Å²) in [4.78, 5) is 6.45. The van der Waals surface area contributed by atoms with Crippen molar-refractivity contribution in [2.75, 3.05) is 11.4 Å². The third kappa shape index (κ3) is 2.80. The highest BCUT2D eigenvalue weighted by Crippen LogP contribution is 2.34. The molecule has 1 N–H and O–H groups in total. The summed E-state index contributed by atoms with van der Waals surface area (Å²) >= 11 is 0. The molecule has 21 heavy (non-hydrogen) atoms. The molecule has 2 aromatic rings. The molecule has 0 radical (unpaired) electrons. The van der Waals surface area contributed by atoms with Crippen LogP contribution in [0.1, 0.15) is 19.4 Å². The highest BCUT2D eigenvalue weighted by Gasteiger charge is 2.51. The molecule has 1 unspecified atom stereocenters. The van der Waals surface area contributed by atoms with Crippen LogP contribution in [0.15, 0.2) is 48.8 Å². The van der Waals surface area contributed by atoms with Crippen LogP contribution in [0.3, 0.4) is 0 Å². The van der Waals surface area contributed by atoms with E-state index < -0.39 is 5.72 Å². The fraction of sp³-hybridized carbons (Fsp3) is 0.375. The molecule has 0 fully saturated rings. The molecule has 5 heteroatoms. The monoisotopic (exact) mass is 349 g/mol. The topological polar surface area (TPSA) is 40.2 Å². The summed E-state index contributed by atoms with van der Waals surface area (Å²) in [5, 5.41) is 11.3. The van der Waals surface area contributed by atoms with Crippen LogP contribution >= 0.6 is 0 Å². The summed E-state index contributed by atoms with van der Waals surface area (Å²) in [7, 11) is 0. The number of hydrogen-bond acceptors (Lipinski definition) is 3. The second-order valence-corrected chi connectivity index (χ2v) is 5.73. The first-order valence-electron chi connectivity index (χ1n) is 7.01. The Morgan fingerprint density at radius 2 is 2.00 bits per heavy atom. The normalized spacial score (nSPS) is 20.3. The van der Waals surface area contributed by atoms with Gasteiger partial charge in [0.25, 0.3) is 0 Å². The van der Waals surface area contributed by atoms with Gasteiger partial charge in [0.05, 0.1) is 12.7 Å². The summed E-state index contributed by atoms with van der Waals surface area (Å²) in [6, 6.07) is 11.7. The lowest BCUT2D eigenvalue weighted by Gasteiger charge is -2.29. The molecule has 1 aromatic heterocycles. The smallest absolute Gasteiger partial charge is 0.396 e. The first kappa shape index (κ1) is 15.9. The molecule has 0 saturated heterocycles. The van der Waals surface area contributed by atoms with E-state index in [1.54, 1.807) is 6.20 Å². The van der Waals surface area contributed by atoms with Crippen molar-refractivity contribution < 1.29 is 26.7 Å². The Morgan fingerprint density at radius 3 is 2.67 bits per heavy atom. The van der Waals surface area contributed by atoms with Gasteiger partial charge >= 0.3 is 5.95 Å². The number of halogens is 1. The fourth-order valence-electron chi connectivity index (χ4n) is 2.78. The number of fused-ring (bicyclic) bond motifs is 1. The van der Waals surface area contributed by atoms with Gasteiger partial charge in [0, 0.05) is 11.6 Å².